The van der Waals surface area contributed by atoms with Crippen LogP contribution in [0.2, 0.25) is 0 Å². The highest BCUT2D eigenvalue weighted by molar-refractivity contribution is 5.96. The summed E-state index contributed by atoms with van der Waals surface area (Å²) in [5.74, 6) is 1.54. The lowest BCUT2D eigenvalue weighted by Crippen LogP contribution is -2.22. The van der Waals surface area contributed by atoms with Crippen LogP contribution < -0.4 is 14.2 Å². The van der Waals surface area contributed by atoms with Gasteiger partial charge in [0.05, 0.1) is 23.7 Å². The molecular weight excluding hydrogens is 580 g/mol. The molecule has 1 amide bonds. The van der Waals surface area contributed by atoms with E-state index in [1.165, 1.54) is 4.90 Å². The first-order valence-electron chi connectivity index (χ1n) is 14.6. The van der Waals surface area contributed by atoms with E-state index in [1.807, 2.05) is 72.2 Å². The van der Waals surface area contributed by atoms with E-state index in [4.69, 9.17) is 24.2 Å². The van der Waals surface area contributed by atoms with Gasteiger partial charge in [-0.3, -0.25) is 4.79 Å². The number of fused-ring (bicyclic) bond motifs is 1. The molecule has 0 saturated carbocycles. The number of aromatic nitrogens is 4. The van der Waals surface area contributed by atoms with Crippen LogP contribution in [0.1, 0.15) is 32.9 Å². The van der Waals surface area contributed by atoms with Crippen molar-refractivity contribution in [2.45, 2.75) is 20.1 Å². The number of aryl methyl sites for hydroxylation is 1. The Kier molecular flexibility index (Phi) is 8.56. The summed E-state index contributed by atoms with van der Waals surface area (Å²) in [6.07, 6.45) is 0. The second-order valence-electron chi connectivity index (χ2n) is 10.7. The number of nitriles is 1. The maximum absolute atomic E-state index is 12.9. The van der Waals surface area contributed by atoms with E-state index in [0.29, 0.717) is 40.4 Å². The third-order valence-corrected chi connectivity index (χ3v) is 7.16. The third-order valence-electron chi connectivity index (χ3n) is 7.16. The number of imidazole rings is 1. The summed E-state index contributed by atoms with van der Waals surface area (Å²) < 4.78 is 20.7. The Morgan fingerprint density at radius 3 is 2.22 bits per heavy atom. The van der Waals surface area contributed by atoms with Crippen molar-refractivity contribution in [3.8, 4) is 35.2 Å². The molecule has 6 aromatic rings. The van der Waals surface area contributed by atoms with Gasteiger partial charge >= 0.3 is 6.01 Å². The van der Waals surface area contributed by atoms with Gasteiger partial charge in [0.25, 0.3) is 11.8 Å². The van der Waals surface area contributed by atoms with Crippen LogP contribution in [0, 0.1) is 18.3 Å². The molecule has 46 heavy (non-hydrogen) atoms. The summed E-state index contributed by atoms with van der Waals surface area (Å²) in [6.45, 7) is 2.66. The van der Waals surface area contributed by atoms with Crippen molar-refractivity contribution >= 4 is 17.1 Å². The molecule has 0 bridgehead atoms. The zero-order valence-corrected chi connectivity index (χ0v) is 25.5. The SMILES string of the molecule is Cc1nc2c(Oc3cc(C#N)ccc3OCc3ccccc3)nc(Oc3ccccc3C(=O)N(C)C)nc2n1Cc1ccccc1. The molecule has 228 valence electrons. The number of para-hydroxylation sites is 1. The Morgan fingerprint density at radius 2 is 1.50 bits per heavy atom. The Labute approximate surface area is 266 Å². The van der Waals surface area contributed by atoms with E-state index in [9.17, 15) is 10.1 Å². The molecule has 0 radical (unpaired) electrons. The van der Waals surface area contributed by atoms with Crippen LogP contribution in [0.5, 0.6) is 29.1 Å². The monoisotopic (exact) mass is 610 g/mol. The lowest BCUT2D eigenvalue weighted by Gasteiger charge is -2.15. The van der Waals surface area contributed by atoms with E-state index in [2.05, 4.69) is 11.1 Å². The molecule has 10 nitrogen and oxygen atoms in total. The first kappa shape index (κ1) is 29.8. The molecule has 0 fully saturated rings. The fourth-order valence-electron chi connectivity index (χ4n) is 4.83. The quantitative estimate of drug-likeness (QED) is 0.164. The molecule has 0 spiro atoms. The van der Waals surface area contributed by atoms with E-state index in [0.717, 1.165) is 11.1 Å². The molecule has 0 atom stereocenters. The number of benzene rings is 4. The molecule has 0 aliphatic carbocycles. The minimum absolute atomic E-state index is 0.0427. The Hall–Kier alpha value is -6.21. The second-order valence-corrected chi connectivity index (χ2v) is 10.7. The van der Waals surface area contributed by atoms with Crippen molar-refractivity contribution in [2.75, 3.05) is 14.1 Å². The number of carbonyl (C=O) groups excluding carboxylic acids is 1. The number of rotatable bonds is 10. The van der Waals surface area contributed by atoms with Crippen molar-refractivity contribution in [3.63, 3.8) is 0 Å². The predicted molar refractivity (Wildman–Crippen MR) is 172 cm³/mol. The van der Waals surface area contributed by atoms with Gasteiger partial charge in [0.15, 0.2) is 22.7 Å². The molecule has 2 heterocycles. The van der Waals surface area contributed by atoms with Crippen molar-refractivity contribution < 1.29 is 19.0 Å². The highest BCUT2D eigenvalue weighted by Crippen LogP contribution is 2.37. The van der Waals surface area contributed by atoms with Gasteiger partial charge in [0.2, 0.25) is 0 Å². The highest BCUT2D eigenvalue weighted by Gasteiger charge is 2.22. The maximum atomic E-state index is 12.9. The average Bonchev–Trinajstić information content (AvgIpc) is 3.39. The van der Waals surface area contributed by atoms with Gasteiger partial charge < -0.3 is 23.7 Å². The molecule has 0 N–H and O–H groups in total. The smallest absolute Gasteiger partial charge is 0.327 e. The summed E-state index contributed by atoms with van der Waals surface area (Å²) in [4.78, 5) is 28.5. The van der Waals surface area contributed by atoms with Crippen molar-refractivity contribution in [1.82, 2.24) is 24.4 Å². The fourth-order valence-corrected chi connectivity index (χ4v) is 4.83. The van der Waals surface area contributed by atoms with Gasteiger partial charge in [-0.15, -0.1) is 0 Å². The molecule has 0 aliphatic rings. The number of hydrogen-bond acceptors (Lipinski definition) is 8. The van der Waals surface area contributed by atoms with Crippen LogP contribution in [0.3, 0.4) is 0 Å². The topological polar surface area (TPSA) is 115 Å². The van der Waals surface area contributed by atoms with Gasteiger partial charge in [0, 0.05) is 20.2 Å². The predicted octanol–water partition coefficient (Wildman–Crippen LogP) is 6.92. The second kappa shape index (κ2) is 13.2. The van der Waals surface area contributed by atoms with E-state index < -0.39 is 0 Å². The first-order chi connectivity index (χ1) is 22.4. The van der Waals surface area contributed by atoms with E-state index >= 15 is 0 Å². The molecule has 0 unspecified atom stereocenters. The molecule has 6 rings (SSSR count). The number of hydrogen-bond donors (Lipinski definition) is 0. The van der Waals surface area contributed by atoms with Gasteiger partial charge in [-0.25, -0.2) is 4.98 Å². The zero-order valence-electron chi connectivity index (χ0n) is 25.5. The third kappa shape index (κ3) is 6.49. The van der Waals surface area contributed by atoms with Crippen LogP contribution in [-0.4, -0.2) is 44.4 Å². The molecule has 0 aliphatic heterocycles. The summed E-state index contributed by atoms with van der Waals surface area (Å²) in [6, 6.07) is 33.6. The minimum Gasteiger partial charge on any atom is -0.485 e. The molecule has 10 heteroatoms. The van der Waals surface area contributed by atoms with Crippen LogP contribution in [0.15, 0.2) is 103 Å². The van der Waals surface area contributed by atoms with Crippen molar-refractivity contribution in [1.29, 1.82) is 5.26 Å². The van der Waals surface area contributed by atoms with Crippen LogP contribution >= 0.6 is 0 Å². The summed E-state index contributed by atoms with van der Waals surface area (Å²) >= 11 is 0. The molecule has 4 aromatic carbocycles. The summed E-state index contributed by atoms with van der Waals surface area (Å²) in [5.41, 5.74) is 3.63. The van der Waals surface area contributed by atoms with E-state index in [1.54, 1.807) is 56.6 Å². The Bertz CT molecular complexity index is 2050. The molecule has 0 saturated heterocycles. The molecular formula is C36H30N6O4. The van der Waals surface area contributed by atoms with Crippen molar-refractivity contribution in [2.24, 2.45) is 0 Å². The number of nitrogens with zero attached hydrogens (tertiary/aromatic N) is 6. The highest BCUT2D eigenvalue weighted by atomic mass is 16.5. The van der Waals surface area contributed by atoms with Gasteiger partial charge in [-0.2, -0.15) is 15.2 Å². The lowest BCUT2D eigenvalue weighted by molar-refractivity contribution is 0.0825. The van der Waals surface area contributed by atoms with Gasteiger partial charge in [-0.1, -0.05) is 72.8 Å². The minimum atomic E-state index is -0.230. The largest absolute Gasteiger partial charge is 0.485 e. The number of ether oxygens (including phenoxy) is 3. The Morgan fingerprint density at radius 1 is 0.804 bits per heavy atom. The van der Waals surface area contributed by atoms with Crippen LogP contribution in [-0.2, 0) is 13.2 Å². The zero-order chi connectivity index (χ0) is 32.0. The maximum Gasteiger partial charge on any atom is 0.327 e. The van der Waals surface area contributed by atoms with E-state index in [-0.39, 0.29) is 35.9 Å². The number of amides is 1. The standard InChI is InChI=1S/C36H30N6O4/c1-24-38-32-33(42(24)22-25-12-6-4-7-13-25)39-36(46-29-17-11-10-16-28(29)35(43)41(2)3)40-34(32)45-31-20-27(21-37)18-19-30(31)44-23-26-14-8-5-9-15-26/h4-20H,22-23H2,1-3H3. The molecule has 2 aromatic heterocycles. The van der Waals surface area contributed by atoms with Crippen LogP contribution in [0.4, 0.5) is 0 Å². The van der Waals surface area contributed by atoms with Crippen molar-refractivity contribution in [3.05, 3.63) is 131 Å². The fraction of sp³-hybridized carbons (Fsp3) is 0.139. The summed E-state index contributed by atoms with van der Waals surface area (Å²) in [7, 11) is 3.34. The average molecular weight is 611 g/mol. The Balaban J connectivity index is 1.45. The normalized spacial score (nSPS) is 10.7. The van der Waals surface area contributed by atoms with Crippen LogP contribution in [0.25, 0.3) is 11.2 Å². The number of carbonyl (C=O) groups is 1. The van der Waals surface area contributed by atoms with Gasteiger partial charge in [0.1, 0.15) is 18.2 Å². The van der Waals surface area contributed by atoms with Gasteiger partial charge in [-0.05, 0) is 42.3 Å². The first-order valence-corrected chi connectivity index (χ1v) is 14.6. The lowest BCUT2D eigenvalue weighted by atomic mass is 10.2. The summed E-state index contributed by atoms with van der Waals surface area (Å²) in [5, 5.41) is 9.66.